The Kier molecular flexibility index (Phi) is 6.03. The molecule has 9 aromatic rings. The van der Waals surface area contributed by atoms with Crippen molar-refractivity contribution in [1.29, 1.82) is 0 Å². The van der Waals surface area contributed by atoms with Gasteiger partial charge in [-0.25, -0.2) is 9.97 Å². The Morgan fingerprint density at radius 3 is 1.71 bits per heavy atom. The second-order valence-electron chi connectivity index (χ2n) is 11.4. The Morgan fingerprint density at radius 1 is 0.356 bits per heavy atom. The van der Waals surface area contributed by atoms with Crippen LogP contribution in [0.25, 0.3) is 86.7 Å². The van der Waals surface area contributed by atoms with Gasteiger partial charge in [-0.15, -0.1) is 11.3 Å². The van der Waals surface area contributed by atoms with Crippen molar-refractivity contribution in [3.8, 4) is 44.9 Å². The van der Waals surface area contributed by atoms with Gasteiger partial charge in [-0.1, -0.05) is 121 Å². The Hall–Kier alpha value is -5.64. The standard InChI is InChI=1S/C42H26N2S/c1-3-11-27(12-4-1)31-23-32(28-13-5-2-6-14-28)25-33(24-31)42-43-40(37-22-19-29-15-7-8-16-34(29)41(37)44-42)30-20-21-36-35-17-9-10-18-38(35)45-39(36)26-30/h1-26H. The summed E-state index contributed by atoms with van der Waals surface area (Å²) in [6.07, 6.45) is 0. The number of hydrogen-bond donors (Lipinski definition) is 0. The molecular formula is C42H26N2S. The Balaban J connectivity index is 1.33. The van der Waals surface area contributed by atoms with Gasteiger partial charge in [0.05, 0.1) is 11.2 Å². The van der Waals surface area contributed by atoms with Gasteiger partial charge in [0.15, 0.2) is 5.82 Å². The van der Waals surface area contributed by atoms with Crippen LogP contribution in [0, 0.1) is 0 Å². The van der Waals surface area contributed by atoms with Crippen LogP contribution in [0.4, 0.5) is 0 Å². The minimum absolute atomic E-state index is 0.722. The molecule has 0 saturated heterocycles. The number of benzene rings is 7. The molecule has 2 aromatic heterocycles. The van der Waals surface area contributed by atoms with Crippen LogP contribution in [0.15, 0.2) is 158 Å². The third kappa shape index (κ3) is 4.48. The molecule has 0 saturated carbocycles. The molecule has 7 aromatic carbocycles. The van der Waals surface area contributed by atoms with E-state index in [1.165, 1.54) is 36.7 Å². The number of nitrogens with zero attached hydrogens (tertiary/aromatic N) is 2. The van der Waals surface area contributed by atoms with Crippen molar-refractivity contribution in [3.05, 3.63) is 158 Å². The van der Waals surface area contributed by atoms with Gasteiger partial charge in [0.1, 0.15) is 0 Å². The zero-order chi connectivity index (χ0) is 29.7. The van der Waals surface area contributed by atoms with E-state index in [1.54, 1.807) is 0 Å². The molecule has 3 heteroatoms. The lowest BCUT2D eigenvalue weighted by atomic mass is 9.95. The van der Waals surface area contributed by atoms with E-state index in [4.69, 9.17) is 9.97 Å². The molecule has 0 aliphatic carbocycles. The fourth-order valence-electron chi connectivity index (χ4n) is 6.44. The summed E-state index contributed by atoms with van der Waals surface area (Å²) in [6, 6.07) is 56.1. The number of hydrogen-bond acceptors (Lipinski definition) is 3. The van der Waals surface area contributed by atoms with Crippen LogP contribution in [0.2, 0.25) is 0 Å². The molecule has 45 heavy (non-hydrogen) atoms. The number of thiophene rings is 1. The smallest absolute Gasteiger partial charge is 0.160 e. The van der Waals surface area contributed by atoms with E-state index in [0.717, 1.165) is 50.1 Å². The van der Waals surface area contributed by atoms with Crippen LogP contribution in [0.1, 0.15) is 0 Å². The van der Waals surface area contributed by atoms with Gasteiger partial charge in [0.25, 0.3) is 0 Å². The maximum Gasteiger partial charge on any atom is 0.160 e. The molecule has 0 radical (unpaired) electrons. The lowest BCUT2D eigenvalue weighted by Gasteiger charge is -2.14. The van der Waals surface area contributed by atoms with Gasteiger partial charge in [0.2, 0.25) is 0 Å². The van der Waals surface area contributed by atoms with Crippen molar-refractivity contribution in [1.82, 2.24) is 9.97 Å². The molecular weight excluding hydrogens is 565 g/mol. The number of fused-ring (bicyclic) bond motifs is 6. The maximum absolute atomic E-state index is 5.37. The lowest BCUT2D eigenvalue weighted by molar-refractivity contribution is 1.23. The second-order valence-corrected chi connectivity index (χ2v) is 12.5. The van der Waals surface area contributed by atoms with E-state index >= 15 is 0 Å². The highest BCUT2D eigenvalue weighted by Gasteiger charge is 2.17. The molecule has 0 amide bonds. The summed E-state index contributed by atoms with van der Waals surface area (Å²) in [7, 11) is 0. The lowest BCUT2D eigenvalue weighted by Crippen LogP contribution is -1.97. The third-order valence-corrected chi connectivity index (χ3v) is 9.78. The van der Waals surface area contributed by atoms with Crippen molar-refractivity contribution in [2.75, 3.05) is 0 Å². The molecule has 9 rings (SSSR count). The predicted octanol–water partition coefficient (Wildman–Crippen LogP) is 11.8. The summed E-state index contributed by atoms with van der Waals surface area (Å²) in [5, 5.41) is 5.94. The molecule has 0 aliphatic heterocycles. The van der Waals surface area contributed by atoms with Crippen LogP contribution in [0.3, 0.4) is 0 Å². The van der Waals surface area contributed by atoms with Crippen molar-refractivity contribution < 1.29 is 0 Å². The third-order valence-electron chi connectivity index (χ3n) is 8.65. The SMILES string of the molecule is c1ccc(-c2cc(-c3ccccc3)cc(-c3nc(-c4ccc5c(c4)sc4ccccc45)c4ccc5ccccc5c4n3)c2)cc1. The van der Waals surface area contributed by atoms with Crippen LogP contribution >= 0.6 is 11.3 Å². The summed E-state index contributed by atoms with van der Waals surface area (Å²) >= 11 is 1.83. The monoisotopic (exact) mass is 590 g/mol. The summed E-state index contributed by atoms with van der Waals surface area (Å²) in [5.41, 5.74) is 8.62. The fraction of sp³-hybridized carbons (Fsp3) is 0. The van der Waals surface area contributed by atoms with Crippen LogP contribution in [-0.4, -0.2) is 9.97 Å². The summed E-state index contributed by atoms with van der Waals surface area (Å²) in [6.45, 7) is 0. The number of aromatic nitrogens is 2. The van der Waals surface area contributed by atoms with E-state index in [0.29, 0.717) is 0 Å². The minimum atomic E-state index is 0.722. The van der Waals surface area contributed by atoms with Gasteiger partial charge < -0.3 is 0 Å². The molecule has 0 unspecified atom stereocenters. The molecule has 210 valence electrons. The van der Waals surface area contributed by atoms with E-state index in [2.05, 4.69) is 158 Å². The van der Waals surface area contributed by atoms with E-state index < -0.39 is 0 Å². The highest BCUT2D eigenvalue weighted by Crippen LogP contribution is 2.39. The fourth-order valence-corrected chi connectivity index (χ4v) is 7.58. The Labute approximate surface area is 264 Å². The first-order valence-electron chi connectivity index (χ1n) is 15.2. The molecule has 0 bridgehead atoms. The Morgan fingerprint density at radius 2 is 0.956 bits per heavy atom. The summed E-state index contributed by atoms with van der Waals surface area (Å²) in [4.78, 5) is 10.7. The normalized spacial score (nSPS) is 11.6. The number of rotatable bonds is 4. The largest absolute Gasteiger partial charge is 0.227 e. The molecule has 0 aliphatic rings. The highest BCUT2D eigenvalue weighted by molar-refractivity contribution is 7.25. The predicted molar refractivity (Wildman–Crippen MR) is 192 cm³/mol. The van der Waals surface area contributed by atoms with Crippen molar-refractivity contribution in [2.24, 2.45) is 0 Å². The summed E-state index contributed by atoms with van der Waals surface area (Å²) in [5.74, 6) is 0.722. The first kappa shape index (κ1) is 25.8. The van der Waals surface area contributed by atoms with Gasteiger partial charge >= 0.3 is 0 Å². The maximum atomic E-state index is 5.37. The van der Waals surface area contributed by atoms with Crippen molar-refractivity contribution in [3.63, 3.8) is 0 Å². The van der Waals surface area contributed by atoms with E-state index in [9.17, 15) is 0 Å². The Bertz CT molecular complexity index is 2470. The topological polar surface area (TPSA) is 25.8 Å². The van der Waals surface area contributed by atoms with Gasteiger partial charge in [-0.05, 0) is 64.0 Å². The average molecular weight is 591 g/mol. The first-order chi connectivity index (χ1) is 22.3. The molecule has 2 nitrogen and oxygen atoms in total. The van der Waals surface area contributed by atoms with Crippen molar-refractivity contribution in [2.45, 2.75) is 0 Å². The van der Waals surface area contributed by atoms with Crippen LogP contribution in [0.5, 0.6) is 0 Å². The molecule has 0 fully saturated rings. The van der Waals surface area contributed by atoms with Gasteiger partial charge in [0, 0.05) is 42.1 Å². The average Bonchev–Trinajstić information content (AvgIpc) is 3.49. The minimum Gasteiger partial charge on any atom is -0.227 e. The quantitative estimate of drug-likeness (QED) is 0.191. The van der Waals surface area contributed by atoms with Gasteiger partial charge in [-0.3, -0.25) is 0 Å². The summed E-state index contributed by atoms with van der Waals surface area (Å²) < 4.78 is 2.57. The van der Waals surface area contributed by atoms with E-state index in [1.807, 2.05) is 11.3 Å². The zero-order valence-electron chi connectivity index (χ0n) is 24.3. The van der Waals surface area contributed by atoms with Gasteiger partial charge in [-0.2, -0.15) is 0 Å². The van der Waals surface area contributed by atoms with Crippen molar-refractivity contribution >= 4 is 53.2 Å². The zero-order valence-corrected chi connectivity index (χ0v) is 25.1. The highest BCUT2D eigenvalue weighted by atomic mass is 32.1. The second kappa shape index (κ2) is 10.5. The molecule has 0 spiro atoms. The molecule has 2 heterocycles. The van der Waals surface area contributed by atoms with E-state index in [-0.39, 0.29) is 0 Å². The molecule has 0 atom stereocenters. The first-order valence-corrected chi connectivity index (χ1v) is 16.0. The van der Waals surface area contributed by atoms with Crippen LogP contribution in [-0.2, 0) is 0 Å². The van der Waals surface area contributed by atoms with Crippen LogP contribution < -0.4 is 0 Å². The molecule has 0 N–H and O–H groups in total.